The summed E-state index contributed by atoms with van der Waals surface area (Å²) in [5.41, 5.74) is 2.31. The van der Waals surface area contributed by atoms with Gasteiger partial charge in [0, 0.05) is 12.1 Å². The van der Waals surface area contributed by atoms with Crippen molar-refractivity contribution >= 4 is 0 Å². The van der Waals surface area contributed by atoms with E-state index >= 15 is 0 Å². The average molecular weight is 167 g/mol. The van der Waals surface area contributed by atoms with Gasteiger partial charge in [0.25, 0.3) is 0 Å². The third-order valence-corrected chi connectivity index (χ3v) is 2.02. The molecule has 0 radical (unpaired) electrons. The first-order valence-electron chi connectivity index (χ1n) is 4.40. The summed E-state index contributed by atoms with van der Waals surface area (Å²) in [6.45, 7) is 5.15. The molecular weight excluding hydrogens is 150 g/mol. The maximum atomic E-state index is 4.40. The van der Waals surface area contributed by atoms with Gasteiger partial charge in [-0.1, -0.05) is 0 Å². The molecule has 1 aromatic rings. The number of rotatable bonds is 4. The molecule has 0 atom stereocenters. The lowest BCUT2D eigenvalue weighted by Gasteiger charge is -1.95. The van der Waals surface area contributed by atoms with Crippen molar-refractivity contribution < 1.29 is 0 Å². The predicted octanol–water partition coefficient (Wildman–Crippen LogP) is 1.18. The highest BCUT2D eigenvalue weighted by atomic mass is 14.9. The number of hydrogen-bond acceptors (Lipinski definition) is 2. The zero-order valence-corrected chi connectivity index (χ0v) is 8.07. The van der Waals surface area contributed by atoms with Gasteiger partial charge in [-0.2, -0.15) is 0 Å². The Balaban J connectivity index is 2.42. The molecule has 0 saturated heterocycles. The van der Waals surface area contributed by atoms with Crippen LogP contribution in [0.25, 0.3) is 0 Å². The fourth-order valence-electron chi connectivity index (χ4n) is 1.17. The normalized spacial score (nSPS) is 10.6. The lowest BCUT2D eigenvalue weighted by Crippen LogP contribution is -2.08. The Labute approximate surface area is 73.6 Å². The molecule has 2 N–H and O–H groups in total. The SMILES string of the molecule is CNCCCc1nc(C)c(C)[nH]1. The number of nitrogens with zero attached hydrogens (tertiary/aromatic N) is 1. The van der Waals surface area contributed by atoms with Crippen LogP contribution < -0.4 is 5.32 Å². The topological polar surface area (TPSA) is 40.7 Å². The molecule has 3 nitrogen and oxygen atoms in total. The van der Waals surface area contributed by atoms with Crippen molar-refractivity contribution in [2.24, 2.45) is 0 Å². The van der Waals surface area contributed by atoms with Crippen LogP contribution in [0.15, 0.2) is 0 Å². The second-order valence-corrected chi connectivity index (χ2v) is 3.10. The van der Waals surface area contributed by atoms with Gasteiger partial charge in [0.15, 0.2) is 0 Å². The Morgan fingerprint density at radius 1 is 1.42 bits per heavy atom. The molecule has 0 aliphatic heterocycles. The van der Waals surface area contributed by atoms with Crippen LogP contribution in [-0.4, -0.2) is 23.6 Å². The first-order valence-corrected chi connectivity index (χ1v) is 4.40. The van der Waals surface area contributed by atoms with Crippen molar-refractivity contribution in [2.45, 2.75) is 26.7 Å². The number of aromatic amines is 1. The van der Waals surface area contributed by atoms with Crippen molar-refractivity contribution in [3.63, 3.8) is 0 Å². The van der Waals surface area contributed by atoms with Crippen LogP contribution in [0.1, 0.15) is 23.6 Å². The van der Waals surface area contributed by atoms with Crippen LogP contribution in [0.5, 0.6) is 0 Å². The summed E-state index contributed by atoms with van der Waals surface area (Å²) < 4.78 is 0. The smallest absolute Gasteiger partial charge is 0.106 e. The van der Waals surface area contributed by atoms with Crippen molar-refractivity contribution in [3.8, 4) is 0 Å². The number of hydrogen-bond donors (Lipinski definition) is 2. The molecule has 1 aromatic heterocycles. The molecule has 1 heterocycles. The van der Waals surface area contributed by atoms with E-state index in [1.807, 2.05) is 14.0 Å². The Bertz CT molecular complexity index is 220. The average Bonchev–Trinajstić information content (AvgIpc) is 2.32. The first kappa shape index (κ1) is 9.26. The van der Waals surface area contributed by atoms with Crippen LogP contribution in [0.3, 0.4) is 0 Å². The third kappa shape index (κ3) is 2.34. The zero-order chi connectivity index (χ0) is 8.97. The van der Waals surface area contributed by atoms with Crippen LogP contribution in [-0.2, 0) is 6.42 Å². The van der Waals surface area contributed by atoms with Crippen LogP contribution in [0.4, 0.5) is 0 Å². The molecule has 0 aromatic carbocycles. The molecule has 0 aliphatic rings. The van der Waals surface area contributed by atoms with Crippen molar-refractivity contribution in [1.29, 1.82) is 0 Å². The summed E-state index contributed by atoms with van der Waals surface area (Å²) >= 11 is 0. The van der Waals surface area contributed by atoms with E-state index in [1.54, 1.807) is 0 Å². The largest absolute Gasteiger partial charge is 0.346 e. The predicted molar refractivity (Wildman–Crippen MR) is 50.3 cm³/mol. The van der Waals surface area contributed by atoms with E-state index in [1.165, 1.54) is 5.69 Å². The third-order valence-electron chi connectivity index (χ3n) is 2.02. The Morgan fingerprint density at radius 3 is 2.67 bits per heavy atom. The quantitative estimate of drug-likeness (QED) is 0.661. The van der Waals surface area contributed by atoms with Gasteiger partial charge in [-0.05, 0) is 33.9 Å². The van der Waals surface area contributed by atoms with Gasteiger partial charge in [-0.15, -0.1) is 0 Å². The van der Waals surface area contributed by atoms with E-state index in [-0.39, 0.29) is 0 Å². The van der Waals surface area contributed by atoms with Gasteiger partial charge >= 0.3 is 0 Å². The van der Waals surface area contributed by atoms with Crippen molar-refractivity contribution in [3.05, 3.63) is 17.2 Å². The maximum Gasteiger partial charge on any atom is 0.106 e. The van der Waals surface area contributed by atoms with E-state index in [0.29, 0.717) is 0 Å². The summed E-state index contributed by atoms with van der Waals surface area (Å²) in [4.78, 5) is 7.66. The van der Waals surface area contributed by atoms with Crippen LogP contribution >= 0.6 is 0 Å². The Morgan fingerprint density at radius 2 is 2.17 bits per heavy atom. The molecule has 0 aliphatic carbocycles. The minimum Gasteiger partial charge on any atom is -0.346 e. The molecule has 0 spiro atoms. The van der Waals surface area contributed by atoms with Gasteiger partial charge in [-0.25, -0.2) is 4.98 Å². The van der Waals surface area contributed by atoms with E-state index < -0.39 is 0 Å². The van der Waals surface area contributed by atoms with Crippen LogP contribution in [0.2, 0.25) is 0 Å². The lowest BCUT2D eigenvalue weighted by molar-refractivity contribution is 0.706. The molecular formula is C9H17N3. The summed E-state index contributed by atoms with van der Waals surface area (Å²) in [5, 5.41) is 3.12. The van der Waals surface area contributed by atoms with Gasteiger partial charge in [0.05, 0.1) is 5.69 Å². The fourth-order valence-corrected chi connectivity index (χ4v) is 1.17. The van der Waals surface area contributed by atoms with Gasteiger partial charge < -0.3 is 10.3 Å². The molecule has 0 fully saturated rings. The highest BCUT2D eigenvalue weighted by molar-refractivity contribution is 5.10. The van der Waals surface area contributed by atoms with Gasteiger partial charge in [0.2, 0.25) is 0 Å². The number of imidazole rings is 1. The van der Waals surface area contributed by atoms with Crippen LogP contribution in [0, 0.1) is 13.8 Å². The molecule has 12 heavy (non-hydrogen) atoms. The molecule has 1 rings (SSSR count). The number of aromatic nitrogens is 2. The van der Waals surface area contributed by atoms with Gasteiger partial charge in [0.1, 0.15) is 5.82 Å². The standard InChI is InChI=1S/C9H17N3/c1-7-8(2)12-9(11-7)5-4-6-10-3/h10H,4-6H2,1-3H3,(H,11,12). The molecule has 0 amide bonds. The second kappa shape index (κ2) is 4.26. The summed E-state index contributed by atoms with van der Waals surface area (Å²) in [6, 6.07) is 0. The Hall–Kier alpha value is -0.830. The van der Waals surface area contributed by atoms with Gasteiger partial charge in [-0.3, -0.25) is 0 Å². The molecule has 0 saturated carbocycles. The summed E-state index contributed by atoms with van der Waals surface area (Å²) in [5.74, 6) is 1.11. The van der Waals surface area contributed by atoms with Crippen molar-refractivity contribution in [1.82, 2.24) is 15.3 Å². The van der Waals surface area contributed by atoms with E-state index in [4.69, 9.17) is 0 Å². The lowest BCUT2D eigenvalue weighted by atomic mass is 10.3. The molecule has 0 bridgehead atoms. The first-order chi connectivity index (χ1) is 5.74. The molecule has 68 valence electrons. The van der Waals surface area contributed by atoms with Crippen molar-refractivity contribution in [2.75, 3.05) is 13.6 Å². The minimum absolute atomic E-state index is 1.04. The molecule has 3 heteroatoms. The highest BCUT2D eigenvalue weighted by Crippen LogP contribution is 2.04. The number of nitrogens with one attached hydrogen (secondary N) is 2. The van der Waals surface area contributed by atoms with E-state index in [2.05, 4.69) is 22.2 Å². The monoisotopic (exact) mass is 167 g/mol. The minimum atomic E-state index is 1.04. The summed E-state index contributed by atoms with van der Waals surface area (Å²) in [7, 11) is 1.97. The van der Waals surface area contributed by atoms with E-state index in [9.17, 15) is 0 Å². The number of aryl methyl sites for hydroxylation is 3. The molecule has 0 unspecified atom stereocenters. The van der Waals surface area contributed by atoms with E-state index in [0.717, 1.165) is 30.9 Å². The fraction of sp³-hybridized carbons (Fsp3) is 0.667. The maximum absolute atomic E-state index is 4.40. The second-order valence-electron chi connectivity index (χ2n) is 3.10. The zero-order valence-electron chi connectivity index (χ0n) is 8.07. The summed E-state index contributed by atoms with van der Waals surface area (Å²) in [6.07, 6.45) is 2.18. The highest BCUT2D eigenvalue weighted by Gasteiger charge is 2.00. The number of H-pyrrole nitrogens is 1. The Kier molecular flexibility index (Phi) is 3.29.